The monoisotopic (exact) mass is 568 g/mol. The van der Waals surface area contributed by atoms with Crippen molar-refractivity contribution in [2.75, 3.05) is 41.7 Å². The van der Waals surface area contributed by atoms with Gasteiger partial charge in [-0.25, -0.2) is 0 Å². The predicted molar refractivity (Wildman–Crippen MR) is 170 cm³/mol. The molecule has 3 aliphatic heterocycles. The normalized spacial score (nSPS) is 22.0. The van der Waals surface area contributed by atoms with Crippen LogP contribution in [-0.2, 0) is 15.0 Å². The molecule has 0 radical (unpaired) electrons. The van der Waals surface area contributed by atoms with E-state index < -0.39 is 10.4 Å². The fraction of sp³-hybridized carbons (Fsp3) is 0.353. The number of thioether (sulfide) groups is 1. The number of carbonyl (C=O) groups is 2. The second kappa shape index (κ2) is 11.6. The van der Waals surface area contributed by atoms with Gasteiger partial charge in [0.1, 0.15) is 0 Å². The first-order valence-electron chi connectivity index (χ1n) is 14.7. The van der Waals surface area contributed by atoms with Gasteiger partial charge in [0.25, 0.3) is 11.8 Å². The molecule has 6 nitrogen and oxygen atoms in total. The van der Waals surface area contributed by atoms with E-state index in [1.165, 1.54) is 0 Å². The number of amides is 2. The highest BCUT2D eigenvalue weighted by Crippen LogP contribution is 2.61. The quantitative estimate of drug-likeness (QED) is 0.253. The number of fused-ring (bicyclic) bond motifs is 2. The zero-order valence-electron chi connectivity index (χ0n) is 24.7. The summed E-state index contributed by atoms with van der Waals surface area (Å²) in [5.41, 5.74) is 2.50. The van der Waals surface area contributed by atoms with Gasteiger partial charge in [-0.1, -0.05) is 73.7 Å². The number of anilines is 2. The second-order valence-corrected chi connectivity index (χ2v) is 11.6. The molecule has 1 saturated heterocycles. The Balaban J connectivity index is 2.06. The number of rotatable bonds is 11. The van der Waals surface area contributed by atoms with Crippen LogP contribution in [0.2, 0.25) is 0 Å². The Morgan fingerprint density at radius 3 is 1.37 bits per heavy atom. The number of carbonyl (C=O) groups excluding carboxylic acids is 2. The standard InChI is InChI=1S/C34H40N4O2S/c1-6-35(7-2)29-30(36(8-3)9-4)34(41-10-5)37(27-22-16-12-17-23-27)31(39)33(29,26-20-14-11-15-21-26)32(40)38(34)28-24-18-13-19-25-28/h11-25H,6-10H2,1-5H3. The van der Waals surface area contributed by atoms with E-state index in [0.29, 0.717) is 24.4 Å². The van der Waals surface area contributed by atoms with Crippen LogP contribution in [-0.4, -0.2) is 58.5 Å². The number of nitrogens with zero attached hydrogens (tertiary/aromatic N) is 4. The molecule has 214 valence electrons. The zero-order valence-corrected chi connectivity index (χ0v) is 25.5. The summed E-state index contributed by atoms with van der Waals surface area (Å²) in [4.78, 5) is 38.2. The molecular formula is C34H40N4O2S. The van der Waals surface area contributed by atoms with Crippen molar-refractivity contribution in [3.63, 3.8) is 0 Å². The van der Waals surface area contributed by atoms with Crippen molar-refractivity contribution in [3.8, 4) is 0 Å². The van der Waals surface area contributed by atoms with Crippen molar-refractivity contribution in [1.82, 2.24) is 9.80 Å². The van der Waals surface area contributed by atoms with Crippen LogP contribution in [0, 0.1) is 0 Å². The van der Waals surface area contributed by atoms with Crippen LogP contribution in [0.15, 0.2) is 102 Å². The fourth-order valence-corrected chi connectivity index (χ4v) is 7.98. The third-order valence-corrected chi connectivity index (χ3v) is 9.53. The first-order chi connectivity index (χ1) is 20.0. The molecule has 3 heterocycles. The van der Waals surface area contributed by atoms with Gasteiger partial charge in [0, 0.05) is 37.6 Å². The van der Waals surface area contributed by atoms with Crippen molar-refractivity contribution in [2.45, 2.75) is 45.0 Å². The third-order valence-electron chi connectivity index (χ3n) is 8.28. The highest BCUT2D eigenvalue weighted by atomic mass is 32.2. The molecule has 1 fully saturated rings. The van der Waals surface area contributed by atoms with Gasteiger partial charge >= 0.3 is 0 Å². The molecule has 2 bridgehead atoms. The average molecular weight is 569 g/mol. The Hall–Kier alpha value is -3.71. The Labute approximate surface area is 248 Å². The summed E-state index contributed by atoms with van der Waals surface area (Å²) in [7, 11) is 0. The summed E-state index contributed by atoms with van der Waals surface area (Å²) < 4.78 is 0. The minimum atomic E-state index is -1.56. The minimum absolute atomic E-state index is 0.203. The first-order valence-corrected chi connectivity index (χ1v) is 15.7. The number of para-hydroxylation sites is 2. The Morgan fingerprint density at radius 2 is 0.976 bits per heavy atom. The van der Waals surface area contributed by atoms with E-state index in [0.717, 1.165) is 35.9 Å². The predicted octanol–water partition coefficient (Wildman–Crippen LogP) is 6.32. The third kappa shape index (κ3) is 4.08. The molecule has 41 heavy (non-hydrogen) atoms. The van der Waals surface area contributed by atoms with E-state index in [4.69, 9.17) is 0 Å². The lowest BCUT2D eigenvalue weighted by Crippen LogP contribution is -2.82. The summed E-state index contributed by atoms with van der Waals surface area (Å²) in [6.45, 7) is 13.5. The lowest BCUT2D eigenvalue weighted by Gasteiger charge is -2.65. The molecule has 7 heteroatoms. The van der Waals surface area contributed by atoms with Crippen molar-refractivity contribution in [1.29, 1.82) is 0 Å². The SMILES string of the molecule is CCSC12C(N(CC)CC)=C(N(CC)CC)C(c3ccccc3)(C(=O)N1c1ccccc1)C(=O)N2c1ccccc1. The van der Waals surface area contributed by atoms with Gasteiger partial charge in [0.15, 0.2) is 5.41 Å². The summed E-state index contributed by atoms with van der Waals surface area (Å²) in [5, 5.41) is 0. The largest absolute Gasteiger partial charge is 0.372 e. The van der Waals surface area contributed by atoms with Crippen LogP contribution in [0.5, 0.6) is 0 Å². The Kier molecular flexibility index (Phi) is 8.18. The van der Waals surface area contributed by atoms with Crippen LogP contribution < -0.4 is 9.80 Å². The topological polar surface area (TPSA) is 47.1 Å². The highest BCUT2D eigenvalue weighted by Gasteiger charge is 2.74. The molecule has 0 spiro atoms. The van der Waals surface area contributed by atoms with E-state index in [2.05, 4.69) is 44.4 Å². The van der Waals surface area contributed by atoms with E-state index in [1.54, 1.807) is 11.8 Å². The van der Waals surface area contributed by atoms with Gasteiger partial charge < -0.3 is 9.80 Å². The Morgan fingerprint density at radius 1 is 0.585 bits per heavy atom. The molecule has 3 aliphatic rings. The smallest absolute Gasteiger partial charge is 0.256 e. The number of hydrogen-bond acceptors (Lipinski definition) is 5. The summed E-state index contributed by atoms with van der Waals surface area (Å²) in [5.74, 6) is 0.290. The second-order valence-electron chi connectivity index (χ2n) is 10.2. The van der Waals surface area contributed by atoms with Crippen LogP contribution in [0.1, 0.15) is 40.2 Å². The van der Waals surface area contributed by atoms with Gasteiger partial charge in [-0.3, -0.25) is 19.4 Å². The maximum absolute atomic E-state index is 15.5. The summed E-state index contributed by atoms with van der Waals surface area (Å²) >= 11 is 1.64. The summed E-state index contributed by atoms with van der Waals surface area (Å²) in [6.07, 6.45) is 0. The van der Waals surface area contributed by atoms with Crippen molar-refractivity contribution >= 4 is 35.0 Å². The lowest BCUT2D eigenvalue weighted by atomic mass is 9.67. The number of likely N-dealkylation sites (N-methyl/N-ethyl adjacent to an activating group) is 2. The zero-order chi connectivity index (χ0) is 29.2. The Bertz CT molecular complexity index is 1340. The van der Waals surface area contributed by atoms with Crippen LogP contribution in [0.3, 0.4) is 0 Å². The molecule has 0 atom stereocenters. The molecule has 3 aromatic carbocycles. The fourth-order valence-electron chi connectivity index (χ4n) is 6.58. The molecular weight excluding hydrogens is 528 g/mol. The maximum Gasteiger partial charge on any atom is 0.256 e. The molecule has 0 aliphatic carbocycles. The van der Waals surface area contributed by atoms with E-state index in [9.17, 15) is 0 Å². The lowest BCUT2D eigenvalue weighted by molar-refractivity contribution is -0.139. The number of hydrogen-bond donors (Lipinski definition) is 0. The molecule has 0 saturated carbocycles. The number of benzene rings is 3. The molecule has 0 N–H and O–H groups in total. The highest BCUT2D eigenvalue weighted by molar-refractivity contribution is 8.01. The average Bonchev–Trinajstić information content (AvgIpc) is 3.01. The van der Waals surface area contributed by atoms with Crippen LogP contribution in [0.4, 0.5) is 11.4 Å². The van der Waals surface area contributed by atoms with Crippen molar-refractivity contribution in [3.05, 3.63) is 108 Å². The molecule has 2 amide bonds. The minimum Gasteiger partial charge on any atom is -0.372 e. The van der Waals surface area contributed by atoms with Gasteiger partial charge in [-0.05, 0) is 63.3 Å². The molecule has 0 unspecified atom stereocenters. The molecule has 0 aromatic heterocycles. The van der Waals surface area contributed by atoms with Gasteiger partial charge in [-0.2, -0.15) is 0 Å². The maximum atomic E-state index is 15.5. The van der Waals surface area contributed by atoms with Gasteiger partial charge in [-0.15, -0.1) is 11.8 Å². The van der Waals surface area contributed by atoms with Gasteiger partial charge in [0.2, 0.25) is 4.99 Å². The van der Waals surface area contributed by atoms with E-state index in [1.807, 2.05) is 101 Å². The molecule has 6 rings (SSSR count). The summed E-state index contributed by atoms with van der Waals surface area (Å²) in [6, 6.07) is 29.4. The van der Waals surface area contributed by atoms with E-state index >= 15 is 9.59 Å². The molecule has 3 aromatic rings. The van der Waals surface area contributed by atoms with E-state index in [-0.39, 0.29) is 11.8 Å². The first kappa shape index (κ1) is 28.8. The van der Waals surface area contributed by atoms with Crippen molar-refractivity contribution in [2.24, 2.45) is 0 Å². The van der Waals surface area contributed by atoms with Crippen molar-refractivity contribution < 1.29 is 9.59 Å². The van der Waals surface area contributed by atoms with Crippen LogP contribution in [0.25, 0.3) is 0 Å². The van der Waals surface area contributed by atoms with Crippen LogP contribution >= 0.6 is 11.8 Å². The van der Waals surface area contributed by atoms with Gasteiger partial charge in [0.05, 0.1) is 11.4 Å².